The minimum absolute atomic E-state index is 0.335. The van der Waals surface area contributed by atoms with Crippen molar-refractivity contribution in [1.29, 1.82) is 0 Å². The third-order valence-corrected chi connectivity index (χ3v) is 4.56. The number of hydrogen-bond acceptors (Lipinski definition) is 1. The van der Waals surface area contributed by atoms with Crippen LogP contribution in [-0.2, 0) is 6.42 Å². The van der Waals surface area contributed by atoms with E-state index in [9.17, 15) is 0 Å². The highest BCUT2D eigenvalue weighted by Gasteiger charge is 2.14. The van der Waals surface area contributed by atoms with Crippen LogP contribution in [0, 0.1) is 10.5 Å². The van der Waals surface area contributed by atoms with Gasteiger partial charge < -0.3 is 5.32 Å². The van der Waals surface area contributed by atoms with E-state index in [0.29, 0.717) is 6.04 Å². The molecule has 0 bridgehead atoms. The van der Waals surface area contributed by atoms with Crippen molar-refractivity contribution in [2.75, 3.05) is 6.54 Å². The van der Waals surface area contributed by atoms with Crippen molar-refractivity contribution in [1.82, 2.24) is 5.32 Å². The second-order valence-corrected chi connectivity index (χ2v) is 7.02. The van der Waals surface area contributed by atoms with Crippen LogP contribution in [0.5, 0.6) is 0 Å². The molecule has 0 saturated heterocycles. The van der Waals surface area contributed by atoms with E-state index in [0.717, 1.165) is 24.4 Å². The summed E-state index contributed by atoms with van der Waals surface area (Å²) in [5.74, 6) is 0. The first kappa shape index (κ1) is 16.8. The first-order valence-electron chi connectivity index (χ1n) is 7.34. The zero-order chi connectivity index (χ0) is 15.2. The molecule has 1 N–H and O–H groups in total. The fraction of sp³-hybridized carbons (Fsp3) is 0.333. The summed E-state index contributed by atoms with van der Waals surface area (Å²) in [6.07, 6.45) is 2.13. The Morgan fingerprint density at radius 3 is 2.48 bits per heavy atom. The van der Waals surface area contributed by atoms with Gasteiger partial charge in [0.1, 0.15) is 0 Å². The summed E-state index contributed by atoms with van der Waals surface area (Å²) in [7, 11) is 0. The molecule has 112 valence electrons. The SMILES string of the molecule is CCCNC(Cc1ccc(I)cc1)c1ccc(Cl)cc1C. The number of benzene rings is 2. The first-order chi connectivity index (χ1) is 10.1. The van der Waals surface area contributed by atoms with Crippen LogP contribution in [0.15, 0.2) is 42.5 Å². The Morgan fingerprint density at radius 2 is 1.86 bits per heavy atom. The highest BCUT2D eigenvalue weighted by Crippen LogP contribution is 2.25. The molecule has 0 heterocycles. The summed E-state index contributed by atoms with van der Waals surface area (Å²) in [5.41, 5.74) is 3.95. The van der Waals surface area contributed by atoms with E-state index < -0.39 is 0 Å². The van der Waals surface area contributed by atoms with Gasteiger partial charge in [0.25, 0.3) is 0 Å². The Kier molecular flexibility index (Phi) is 6.52. The zero-order valence-electron chi connectivity index (χ0n) is 12.5. The second-order valence-electron chi connectivity index (χ2n) is 5.34. The number of hydrogen-bond donors (Lipinski definition) is 1. The molecule has 2 rings (SSSR count). The van der Waals surface area contributed by atoms with Crippen molar-refractivity contribution < 1.29 is 0 Å². The number of rotatable bonds is 6. The molecule has 0 spiro atoms. The van der Waals surface area contributed by atoms with Crippen molar-refractivity contribution in [2.24, 2.45) is 0 Å². The van der Waals surface area contributed by atoms with Gasteiger partial charge in [-0.15, -0.1) is 0 Å². The summed E-state index contributed by atoms with van der Waals surface area (Å²) in [5, 5.41) is 4.47. The Morgan fingerprint density at radius 1 is 1.14 bits per heavy atom. The Labute approximate surface area is 146 Å². The van der Waals surface area contributed by atoms with E-state index in [4.69, 9.17) is 11.6 Å². The van der Waals surface area contributed by atoms with E-state index in [1.54, 1.807) is 0 Å². The maximum absolute atomic E-state index is 6.08. The highest BCUT2D eigenvalue weighted by atomic mass is 127. The van der Waals surface area contributed by atoms with Crippen molar-refractivity contribution in [3.8, 4) is 0 Å². The van der Waals surface area contributed by atoms with Gasteiger partial charge >= 0.3 is 0 Å². The summed E-state index contributed by atoms with van der Waals surface area (Å²) in [4.78, 5) is 0. The zero-order valence-corrected chi connectivity index (χ0v) is 15.4. The topological polar surface area (TPSA) is 12.0 Å². The maximum atomic E-state index is 6.08. The van der Waals surface area contributed by atoms with Crippen LogP contribution in [0.2, 0.25) is 5.02 Å². The van der Waals surface area contributed by atoms with Crippen LogP contribution < -0.4 is 5.32 Å². The number of nitrogens with one attached hydrogen (secondary N) is 1. The third-order valence-electron chi connectivity index (χ3n) is 3.60. The number of halogens is 2. The molecule has 2 aromatic rings. The summed E-state index contributed by atoms with van der Waals surface area (Å²) in [6, 6.07) is 15.3. The van der Waals surface area contributed by atoms with Gasteiger partial charge in [0.05, 0.1) is 0 Å². The van der Waals surface area contributed by atoms with Crippen LogP contribution in [0.25, 0.3) is 0 Å². The molecular formula is C18H21ClIN. The lowest BCUT2D eigenvalue weighted by molar-refractivity contribution is 0.527. The van der Waals surface area contributed by atoms with Crippen LogP contribution in [0.1, 0.15) is 36.1 Å². The molecule has 2 aromatic carbocycles. The van der Waals surface area contributed by atoms with Gasteiger partial charge in [-0.05, 0) is 89.9 Å². The molecule has 1 unspecified atom stereocenters. The molecule has 0 aliphatic carbocycles. The number of aryl methyl sites for hydroxylation is 1. The van der Waals surface area contributed by atoms with Crippen molar-refractivity contribution in [3.63, 3.8) is 0 Å². The fourth-order valence-electron chi connectivity index (χ4n) is 2.50. The molecule has 1 atom stereocenters. The van der Waals surface area contributed by atoms with Gasteiger partial charge in [-0.25, -0.2) is 0 Å². The lowest BCUT2D eigenvalue weighted by Crippen LogP contribution is -2.24. The summed E-state index contributed by atoms with van der Waals surface area (Å²) >= 11 is 8.43. The van der Waals surface area contributed by atoms with Crippen LogP contribution in [0.3, 0.4) is 0 Å². The van der Waals surface area contributed by atoms with E-state index in [-0.39, 0.29) is 0 Å². The van der Waals surface area contributed by atoms with Gasteiger partial charge in [0.15, 0.2) is 0 Å². The predicted molar refractivity (Wildman–Crippen MR) is 100 cm³/mol. The van der Waals surface area contributed by atoms with Crippen molar-refractivity contribution in [3.05, 3.63) is 67.7 Å². The largest absolute Gasteiger partial charge is 0.310 e. The fourth-order valence-corrected chi connectivity index (χ4v) is 3.08. The van der Waals surface area contributed by atoms with E-state index in [1.807, 2.05) is 12.1 Å². The van der Waals surface area contributed by atoms with Gasteiger partial charge in [-0.3, -0.25) is 0 Å². The molecule has 1 nitrogen and oxygen atoms in total. The Hall–Kier alpha value is -0.580. The van der Waals surface area contributed by atoms with E-state index in [1.165, 1.54) is 20.3 Å². The van der Waals surface area contributed by atoms with Crippen LogP contribution in [0.4, 0.5) is 0 Å². The summed E-state index contributed by atoms with van der Waals surface area (Å²) in [6.45, 7) is 5.36. The average Bonchev–Trinajstić information content (AvgIpc) is 2.46. The van der Waals surface area contributed by atoms with Crippen LogP contribution >= 0.6 is 34.2 Å². The van der Waals surface area contributed by atoms with E-state index in [2.05, 4.69) is 72.1 Å². The molecule has 0 fully saturated rings. The molecule has 0 aliphatic heterocycles. The molecule has 0 aromatic heterocycles. The lowest BCUT2D eigenvalue weighted by Gasteiger charge is -2.21. The molecule has 3 heteroatoms. The highest BCUT2D eigenvalue weighted by molar-refractivity contribution is 14.1. The average molecular weight is 414 g/mol. The molecule has 0 aliphatic rings. The minimum atomic E-state index is 0.335. The lowest BCUT2D eigenvalue weighted by atomic mass is 9.95. The molecule has 21 heavy (non-hydrogen) atoms. The molecule has 0 saturated carbocycles. The van der Waals surface area contributed by atoms with E-state index >= 15 is 0 Å². The molecule has 0 radical (unpaired) electrons. The first-order valence-corrected chi connectivity index (χ1v) is 8.79. The van der Waals surface area contributed by atoms with Crippen LogP contribution in [-0.4, -0.2) is 6.54 Å². The monoisotopic (exact) mass is 413 g/mol. The second kappa shape index (κ2) is 8.16. The maximum Gasteiger partial charge on any atom is 0.0408 e. The van der Waals surface area contributed by atoms with Crippen molar-refractivity contribution in [2.45, 2.75) is 32.7 Å². The molecule has 0 amide bonds. The molecular weight excluding hydrogens is 393 g/mol. The van der Waals surface area contributed by atoms with Gasteiger partial charge in [0, 0.05) is 14.6 Å². The Bertz CT molecular complexity index is 580. The summed E-state index contributed by atoms with van der Waals surface area (Å²) < 4.78 is 1.28. The van der Waals surface area contributed by atoms with Gasteiger partial charge in [-0.1, -0.05) is 36.7 Å². The van der Waals surface area contributed by atoms with Gasteiger partial charge in [0.2, 0.25) is 0 Å². The Balaban J connectivity index is 2.22. The predicted octanol–water partition coefficient (Wildman–Crippen LogP) is 5.54. The quantitative estimate of drug-likeness (QED) is 0.613. The third kappa shape index (κ3) is 4.97. The normalized spacial score (nSPS) is 12.4. The smallest absolute Gasteiger partial charge is 0.0408 e. The van der Waals surface area contributed by atoms with Crippen molar-refractivity contribution >= 4 is 34.2 Å². The van der Waals surface area contributed by atoms with Gasteiger partial charge in [-0.2, -0.15) is 0 Å². The standard InChI is InChI=1S/C18H21ClIN/c1-3-10-21-18(12-14-4-7-16(20)8-5-14)17-9-6-15(19)11-13(17)2/h4-9,11,18,21H,3,10,12H2,1-2H3. The minimum Gasteiger partial charge on any atom is -0.310 e.